The largest absolute Gasteiger partial charge is 0.370 e. The van der Waals surface area contributed by atoms with Gasteiger partial charge in [0.15, 0.2) is 0 Å². The number of halogens is 1. The summed E-state index contributed by atoms with van der Waals surface area (Å²) < 4.78 is 0. The molecule has 0 spiro atoms. The lowest BCUT2D eigenvalue weighted by Crippen LogP contribution is -2.21. The number of rotatable bonds is 7. The predicted octanol–water partition coefficient (Wildman–Crippen LogP) is 3.93. The Labute approximate surface area is 202 Å². The Hall–Kier alpha value is -3.58. The van der Waals surface area contributed by atoms with Gasteiger partial charge in [-0.2, -0.15) is 0 Å². The molecule has 0 saturated heterocycles. The Bertz CT molecular complexity index is 1340. The molecule has 1 heterocycles. The quantitative estimate of drug-likeness (QED) is 0.383. The van der Waals surface area contributed by atoms with Crippen LogP contribution in [0, 0.1) is 12.8 Å². The first kappa shape index (κ1) is 23.6. The van der Waals surface area contributed by atoms with E-state index in [0.29, 0.717) is 23.6 Å². The number of benzene rings is 2. The molecule has 8 heteroatoms. The van der Waals surface area contributed by atoms with Crippen molar-refractivity contribution >= 4 is 45.9 Å². The molecule has 6 N–H and O–H groups in total. The van der Waals surface area contributed by atoms with Crippen molar-refractivity contribution in [3.05, 3.63) is 64.3 Å². The lowest BCUT2D eigenvalue weighted by atomic mass is 9.83. The van der Waals surface area contributed by atoms with Gasteiger partial charge in [-0.3, -0.25) is 14.4 Å². The van der Waals surface area contributed by atoms with Gasteiger partial charge < -0.3 is 21.8 Å². The van der Waals surface area contributed by atoms with Crippen molar-refractivity contribution in [1.82, 2.24) is 4.98 Å². The van der Waals surface area contributed by atoms with Gasteiger partial charge in [0.25, 0.3) is 0 Å². The van der Waals surface area contributed by atoms with Crippen LogP contribution in [0.25, 0.3) is 22.0 Å². The third-order valence-electron chi connectivity index (χ3n) is 6.50. The minimum Gasteiger partial charge on any atom is -0.370 e. The molecule has 0 aliphatic heterocycles. The van der Waals surface area contributed by atoms with E-state index in [4.69, 9.17) is 23.1 Å². The molecule has 1 aliphatic carbocycles. The fraction of sp³-hybridized carbons (Fsp3) is 0.269. The molecule has 0 radical (unpaired) electrons. The number of carbonyl (C=O) groups is 3. The van der Waals surface area contributed by atoms with Gasteiger partial charge in [0.2, 0.25) is 17.7 Å². The molecule has 3 amide bonds. The number of aryl methyl sites for hydroxylation is 1. The van der Waals surface area contributed by atoms with Crippen molar-refractivity contribution in [2.24, 2.45) is 17.4 Å². The number of aromatic amines is 1. The van der Waals surface area contributed by atoms with Crippen LogP contribution in [0.15, 0.2) is 36.9 Å². The van der Waals surface area contributed by atoms with E-state index in [-0.39, 0.29) is 24.2 Å². The van der Waals surface area contributed by atoms with Crippen molar-refractivity contribution in [2.75, 3.05) is 5.32 Å². The number of fused-ring (bicyclic) bond motifs is 3. The minimum atomic E-state index is -0.449. The topological polar surface area (TPSA) is 131 Å². The van der Waals surface area contributed by atoms with Crippen molar-refractivity contribution < 1.29 is 14.4 Å². The monoisotopic (exact) mass is 478 g/mol. The van der Waals surface area contributed by atoms with Crippen LogP contribution in [-0.4, -0.2) is 22.7 Å². The van der Waals surface area contributed by atoms with Gasteiger partial charge in [0.1, 0.15) is 0 Å². The van der Waals surface area contributed by atoms with Crippen LogP contribution in [0.3, 0.4) is 0 Å². The zero-order valence-corrected chi connectivity index (χ0v) is 19.7. The molecule has 1 unspecified atom stereocenters. The molecule has 0 bridgehead atoms. The van der Waals surface area contributed by atoms with E-state index in [1.54, 1.807) is 6.07 Å². The van der Waals surface area contributed by atoms with E-state index in [1.807, 2.05) is 25.1 Å². The van der Waals surface area contributed by atoms with Gasteiger partial charge in [-0.15, -0.1) is 0 Å². The highest BCUT2D eigenvalue weighted by atomic mass is 35.5. The summed E-state index contributed by atoms with van der Waals surface area (Å²) in [6.45, 7) is 5.44. The van der Waals surface area contributed by atoms with Crippen LogP contribution in [0.1, 0.15) is 35.2 Å². The van der Waals surface area contributed by atoms with E-state index in [1.165, 1.54) is 6.08 Å². The van der Waals surface area contributed by atoms with Crippen LogP contribution in [0.4, 0.5) is 5.69 Å². The lowest BCUT2D eigenvalue weighted by molar-refractivity contribution is -0.119. The highest BCUT2D eigenvalue weighted by molar-refractivity contribution is 6.35. The van der Waals surface area contributed by atoms with Crippen LogP contribution in [0.5, 0.6) is 0 Å². The Morgan fingerprint density at radius 1 is 1.26 bits per heavy atom. The van der Waals surface area contributed by atoms with Gasteiger partial charge in [-0.25, -0.2) is 0 Å². The molecule has 0 fully saturated rings. The first-order valence-corrected chi connectivity index (χ1v) is 11.5. The summed E-state index contributed by atoms with van der Waals surface area (Å²) in [5.74, 6) is -0.894. The normalized spacial score (nSPS) is 15.1. The zero-order valence-electron chi connectivity index (χ0n) is 19.0. The first-order chi connectivity index (χ1) is 16.2. The SMILES string of the molecule is C=CC(=O)Nc1cccc(-c2c(Cl)cc(CC(N)=O)c3[nH]c4c(c23)CCC(CC(N)=O)C4)c1C. The summed E-state index contributed by atoms with van der Waals surface area (Å²) >= 11 is 6.85. The van der Waals surface area contributed by atoms with Crippen molar-refractivity contribution in [3.63, 3.8) is 0 Å². The van der Waals surface area contributed by atoms with Crippen LogP contribution >= 0.6 is 11.6 Å². The molecule has 3 aromatic rings. The zero-order chi connectivity index (χ0) is 24.6. The molecule has 2 aromatic carbocycles. The molecule has 1 aromatic heterocycles. The molecule has 1 aliphatic rings. The highest BCUT2D eigenvalue weighted by Gasteiger charge is 2.28. The fourth-order valence-electron chi connectivity index (χ4n) is 4.99. The third-order valence-corrected chi connectivity index (χ3v) is 6.80. The summed E-state index contributed by atoms with van der Waals surface area (Å²) in [6, 6.07) is 7.43. The lowest BCUT2D eigenvalue weighted by Gasteiger charge is -2.22. The molecular formula is C26H27ClN4O3. The number of amides is 3. The van der Waals surface area contributed by atoms with E-state index in [9.17, 15) is 14.4 Å². The van der Waals surface area contributed by atoms with Gasteiger partial charge >= 0.3 is 0 Å². The summed E-state index contributed by atoms with van der Waals surface area (Å²) in [5, 5.41) is 4.29. The maximum absolute atomic E-state index is 11.9. The Morgan fingerprint density at radius 3 is 2.71 bits per heavy atom. The van der Waals surface area contributed by atoms with Crippen molar-refractivity contribution in [3.8, 4) is 11.1 Å². The second-order valence-electron chi connectivity index (χ2n) is 8.82. The van der Waals surface area contributed by atoms with Gasteiger partial charge in [-0.05, 0) is 72.6 Å². The molecule has 7 nitrogen and oxygen atoms in total. The molecule has 176 valence electrons. The number of carbonyl (C=O) groups excluding carboxylic acids is 3. The van der Waals surface area contributed by atoms with Crippen molar-refractivity contribution in [2.45, 2.75) is 39.0 Å². The number of nitrogens with one attached hydrogen (secondary N) is 2. The summed E-state index contributed by atoms with van der Waals surface area (Å²) in [5.41, 5.74) is 17.9. The van der Waals surface area contributed by atoms with E-state index < -0.39 is 5.91 Å². The first-order valence-electron chi connectivity index (χ1n) is 11.1. The molecule has 0 saturated carbocycles. The minimum absolute atomic E-state index is 0.0506. The smallest absolute Gasteiger partial charge is 0.247 e. The average Bonchev–Trinajstić information content (AvgIpc) is 3.14. The molecule has 34 heavy (non-hydrogen) atoms. The van der Waals surface area contributed by atoms with Crippen LogP contribution in [-0.2, 0) is 33.6 Å². The molecular weight excluding hydrogens is 452 g/mol. The maximum Gasteiger partial charge on any atom is 0.247 e. The number of primary amides is 2. The second-order valence-corrected chi connectivity index (χ2v) is 9.23. The summed E-state index contributed by atoms with van der Waals surface area (Å²) in [4.78, 5) is 38.7. The van der Waals surface area contributed by atoms with E-state index in [0.717, 1.165) is 57.3 Å². The maximum atomic E-state index is 11.9. The van der Waals surface area contributed by atoms with Gasteiger partial charge in [-0.1, -0.05) is 30.3 Å². The van der Waals surface area contributed by atoms with Crippen LogP contribution < -0.4 is 16.8 Å². The Morgan fingerprint density at radius 2 is 2.03 bits per heavy atom. The number of hydrogen-bond donors (Lipinski definition) is 4. The second kappa shape index (κ2) is 9.35. The number of anilines is 1. The standard InChI is InChI=1S/C26H27ClN4O3/c1-3-23(34)30-19-6-4-5-16(13(19)2)24-18(27)11-15(12-22(29)33)26-25(24)17-8-7-14(10-21(28)32)9-20(17)31-26/h3-6,11,14,31H,1,7-10,12H2,2H3,(H2,28,32)(H2,29,33)(H,30,34). The number of nitrogens with two attached hydrogens (primary N) is 2. The average molecular weight is 479 g/mol. The highest BCUT2D eigenvalue weighted by Crippen LogP contribution is 2.44. The molecule has 4 rings (SSSR count). The number of H-pyrrole nitrogens is 1. The van der Waals surface area contributed by atoms with Crippen molar-refractivity contribution in [1.29, 1.82) is 0 Å². The van der Waals surface area contributed by atoms with Gasteiger partial charge in [0, 0.05) is 33.8 Å². The van der Waals surface area contributed by atoms with E-state index >= 15 is 0 Å². The van der Waals surface area contributed by atoms with Crippen LogP contribution in [0.2, 0.25) is 5.02 Å². The number of aromatic nitrogens is 1. The Balaban J connectivity index is 1.94. The molecule has 1 atom stereocenters. The van der Waals surface area contributed by atoms with Gasteiger partial charge in [0.05, 0.1) is 11.9 Å². The summed E-state index contributed by atoms with van der Waals surface area (Å²) in [6.07, 6.45) is 3.88. The predicted molar refractivity (Wildman–Crippen MR) is 135 cm³/mol. The number of hydrogen-bond acceptors (Lipinski definition) is 3. The summed E-state index contributed by atoms with van der Waals surface area (Å²) in [7, 11) is 0. The van der Waals surface area contributed by atoms with E-state index in [2.05, 4.69) is 16.9 Å². The Kier molecular flexibility index (Phi) is 6.48. The third kappa shape index (κ3) is 4.43. The fourth-order valence-corrected chi connectivity index (χ4v) is 5.32.